The SMILES string of the molecule is CCC(CN)C(=O)NC(C)(C)C1CC1. The lowest BCUT2D eigenvalue weighted by molar-refractivity contribution is -0.126. The van der Waals surface area contributed by atoms with Gasteiger partial charge in [-0.15, -0.1) is 0 Å². The lowest BCUT2D eigenvalue weighted by Crippen LogP contribution is -2.48. The summed E-state index contributed by atoms with van der Waals surface area (Å²) in [6.07, 6.45) is 3.31. The van der Waals surface area contributed by atoms with E-state index < -0.39 is 0 Å². The number of nitrogens with two attached hydrogens (primary N) is 1. The first-order chi connectivity index (χ1) is 6.51. The van der Waals surface area contributed by atoms with Gasteiger partial charge in [-0.25, -0.2) is 0 Å². The second-order valence-corrected chi connectivity index (χ2v) is 4.83. The third-order valence-electron chi connectivity index (χ3n) is 3.19. The summed E-state index contributed by atoms with van der Waals surface area (Å²) in [5.74, 6) is 0.765. The van der Waals surface area contributed by atoms with Crippen molar-refractivity contribution < 1.29 is 4.79 Å². The standard InChI is InChI=1S/C11H22N2O/c1-4-8(7-12)10(14)13-11(2,3)9-5-6-9/h8-9H,4-7,12H2,1-3H3,(H,13,14). The van der Waals surface area contributed by atoms with Crippen molar-refractivity contribution >= 4 is 5.91 Å². The third kappa shape index (κ3) is 2.71. The van der Waals surface area contributed by atoms with Crippen molar-refractivity contribution in [2.75, 3.05) is 6.54 Å². The van der Waals surface area contributed by atoms with Crippen LogP contribution in [-0.2, 0) is 4.79 Å². The first-order valence-electron chi connectivity index (χ1n) is 5.53. The summed E-state index contributed by atoms with van der Waals surface area (Å²) in [6, 6.07) is 0. The minimum Gasteiger partial charge on any atom is -0.351 e. The molecule has 0 aliphatic heterocycles. The molecule has 1 amide bonds. The molecule has 0 bridgehead atoms. The Bertz CT molecular complexity index is 205. The summed E-state index contributed by atoms with van der Waals surface area (Å²) >= 11 is 0. The van der Waals surface area contributed by atoms with E-state index in [1.165, 1.54) is 12.8 Å². The van der Waals surface area contributed by atoms with Crippen molar-refractivity contribution in [2.45, 2.75) is 45.6 Å². The number of carbonyl (C=O) groups excluding carboxylic acids is 1. The van der Waals surface area contributed by atoms with Crippen LogP contribution in [0.2, 0.25) is 0 Å². The van der Waals surface area contributed by atoms with Gasteiger partial charge in [0, 0.05) is 18.0 Å². The van der Waals surface area contributed by atoms with Crippen LogP contribution in [0.25, 0.3) is 0 Å². The molecule has 0 heterocycles. The third-order valence-corrected chi connectivity index (χ3v) is 3.19. The molecular weight excluding hydrogens is 176 g/mol. The van der Waals surface area contributed by atoms with Crippen molar-refractivity contribution in [1.29, 1.82) is 0 Å². The lowest BCUT2D eigenvalue weighted by atomic mass is 9.96. The van der Waals surface area contributed by atoms with Gasteiger partial charge in [0.15, 0.2) is 0 Å². The molecule has 1 rings (SSSR count). The Balaban J connectivity index is 2.45. The maximum absolute atomic E-state index is 11.8. The number of rotatable bonds is 5. The van der Waals surface area contributed by atoms with Gasteiger partial charge >= 0.3 is 0 Å². The van der Waals surface area contributed by atoms with Crippen LogP contribution in [0.5, 0.6) is 0 Å². The number of hydrogen-bond acceptors (Lipinski definition) is 2. The Kier molecular flexibility index (Phi) is 3.53. The van der Waals surface area contributed by atoms with Crippen LogP contribution < -0.4 is 11.1 Å². The van der Waals surface area contributed by atoms with E-state index in [4.69, 9.17) is 5.73 Å². The minimum atomic E-state index is -0.0420. The molecule has 3 heteroatoms. The van der Waals surface area contributed by atoms with Crippen LogP contribution >= 0.6 is 0 Å². The van der Waals surface area contributed by atoms with Crippen LogP contribution in [0.4, 0.5) is 0 Å². The number of amides is 1. The van der Waals surface area contributed by atoms with Crippen LogP contribution in [0, 0.1) is 11.8 Å². The normalized spacial score (nSPS) is 19.1. The summed E-state index contributed by atoms with van der Waals surface area (Å²) in [5.41, 5.74) is 5.49. The zero-order valence-electron chi connectivity index (χ0n) is 9.47. The molecule has 0 radical (unpaired) electrons. The number of hydrogen-bond donors (Lipinski definition) is 2. The van der Waals surface area contributed by atoms with Crippen LogP contribution in [0.3, 0.4) is 0 Å². The van der Waals surface area contributed by atoms with Gasteiger partial charge in [0.1, 0.15) is 0 Å². The first kappa shape index (κ1) is 11.5. The molecule has 0 saturated heterocycles. The molecule has 0 spiro atoms. The second kappa shape index (κ2) is 4.30. The molecule has 1 aliphatic carbocycles. The van der Waals surface area contributed by atoms with E-state index in [9.17, 15) is 4.79 Å². The number of nitrogens with one attached hydrogen (secondary N) is 1. The smallest absolute Gasteiger partial charge is 0.224 e. The molecule has 0 aromatic carbocycles. The van der Waals surface area contributed by atoms with Crippen LogP contribution in [-0.4, -0.2) is 18.0 Å². The predicted molar refractivity (Wildman–Crippen MR) is 57.8 cm³/mol. The van der Waals surface area contributed by atoms with E-state index in [1.807, 2.05) is 6.92 Å². The Morgan fingerprint density at radius 2 is 2.14 bits per heavy atom. The highest BCUT2D eigenvalue weighted by atomic mass is 16.2. The van der Waals surface area contributed by atoms with Gasteiger partial charge in [-0.2, -0.15) is 0 Å². The van der Waals surface area contributed by atoms with Crippen molar-refractivity contribution in [2.24, 2.45) is 17.6 Å². The van der Waals surface area contributed by atoms with Gasteiger partial charge in [-0.05, 0) is 39.0 Å². The van der Waals surface area contributed by atoms with Crippen molar-refractivity contribution in [1.82, 2.24) is 5.32 Å². The summed E-state index contributed by atoms with van der Waals surface area (Å²) < 4.78 is 0. The van der Waals surface area contributed by atoms with E-state index in [2.05, 4.69) is 19.2 Å². The molecule has 1 saturated carbocycles. The van der Waals surface area contributed by atoms with Gasteiger partial charge in [0.2, 0.25) is 5.91 Å². The number of carbonyl (C=O) groups is 1. The summed E-state index contributed by atoms with van der Waals surface area (Å²) in [4.78, 5) is 11.8. The predicted octanol–water partition coefficient (Wildman–Crippen LogP) is 1.28. The maximum Gasteiger partial charge on any atom is 0.224 e. The molecule has 1 aliphatic rings. The van der Waals surface area contributed by atoms with E-state index >= 15 is 0 Å². The fourth-order valence-corrected chi connectivity index (χ4v) is 1.79. The van der Waals surface area contributed by atoms with Crippen molar-refractivity contribution in [3.63, 3.8) is 0 Å². The molecule has 1 unspecified atom stereocenters. The average Bonchev–Trinajstić information content (AvgIpc) is 2.87. The van der Waals surface area contributed by atoms with E-state index in [1.54, 1.807) is 0 Å². The largest absolute Gasteiger partial charge is 0.351 e. The molecule has 14 heavy (non-hydrogen) atoms. The Morgan fingerprint density at radius 1 is 1.57 bits per heavy atom. The molecular formula is C11H22N2O. The van der Waals surface area contributed by atoms with Crippen LogP contribution in [0.15, 0.2) is 0 Å². The summed E-state index contributed by atoms with van der Waals surface area (Å²) in [6.45, 7) is 6.65. The zero-order valence-corrected chi connectivity index (χ0v) is 9.47. The van der Waals surface area contributed by atoms with Gasteiger partial charge in [-0.3, -0.25) is 4.79 Å². The van der Waals surface area contributed by atoms with Gasteiger partial charge in [-0.1, -0.05) is 6.92 Å². The molecule has 1 fully saturated rings. The quantitative estimate of drug-likeness (QED) is 0.699. The first-order valence-corrected chi connectivity index (χ1v) is 5.53. The topological polar surface area (TPSA) is 55.1 Å². The highest BCUT2D eigenvalue weighted by Gasteiger charge is 2.39. The van der Waals surface area contributed by atoms with E-state index in [-0.39, 0.29) is 17.4 Å². The Labute approximate surface area is 86.4 Å². The highest BCUT2D eigenvalue weighted by Crippen LogP contribution is 2.39. The van der Waals surface area contributed by atoms with Gasteiger partial charge < -0.3 is 11.1 Å². The molecule has 3 N–H and O–H groups in total. The molecule has 82 valence electrons. The fourth-order valence-electron chi connectivity index (χ4n) is 1.79. The minimum absolute atomic E-state index is 0.0203. The fraction of sp³-hybridized carbons (Fsp3) is 0.909. The second-order valence-electron chi connectivity index (χ2n) is 4.83. The average molecular weight is 198 g/mol. The van der Waals surface area contributed by atoms with E-state index in [0.29, 0.717) is 12.5 Å². The van der Waals surface area contributed by atoms with E-state index in [0.717, 1.165) is 6.42 Å². The Hall–Kier alpha value is -0.570. The highest BCUT2D eigenvalue weighted by molar-refractivity contribution is 5.79. The van der Waals surface area contributed by atoms with Gasteiger partial charge in [0.25, 0.3) is 0 Å². The van der Waals surface area contributed by atoms with Crippen molar-refractivity contribution in [3.8, 4) is 0 Å². The summed E-state index contributed by atoms with van der Waals surface area (Å²) in [5, 5.41) is 3.10. The Morgan fingerprint density at radius 3 is 2.50 bits per heavy atom. The summed E-state index contributed by atoms with van der Waals surface area (Å²) in [7, 11) is 0. The van der Waals surface area contributed by atoms with Crippen LogP contribution in [0.1, 0.15) is 40.0 Å². The van der Waals surface area contributed by atoms with Gasteiger partial charge in [0.05, 0.1) is 0 Å². The molecule has 3 nitrogen and oxygen atoms in total. The molecule has 1 atom stereocenters. The lowest BCUT2D eigenvalue weighted by Gasteiger charge is -2.28. The molecule has 0 aromatic rings. The maximum atomic E-state index is 11.8. The monoisotopic (exact) mass is 198 g/mol. The van der Waals surface area contributed by atoms with Crippen molar-refractivity contribution in [3.05, 3.63) is 0 Å². The molecule has 0 aromatic heterocycles. The zero-order chi connectivity index (χ0) is 10.8.